The molecule has 1 saturated heterocycles. The quantitative estimate of drug-likeness (QED) is 0.512. The van der Waals surface area contributed by atoms with Crippen molar-refractivity contribution >= 4 is 20.9 Å². The minimum Gasteiger partial charge on any atom is -0.491 e. The maximum absolute atomic E-state index is 13.4. The van der Waals surface area contributed by atoms with Crippen LogP contribution < -0.4 is 10.3 Å². The maximum atomic E-state index is 13.4. The zero-order valence-electron chi connectivity index (χ0n) is 20.4. The molecule has 1 N–H and O–H groups in total. The van der Waals surface area contributed by atoms with Crippen LogP contribution in [0.15, 0.2) is 39.9 Å². The number of halogens is 2. The van der Waals surface area contributed by atoms with Crippen molar-refractivity contribution in [3.63, 3.8) is 0 Å². The number of hydrogen-bond acceptors (Lipinski definition) is 7. The SMILES string of the molecule is C[C@@H]1CN(S(C)(=N)=O)CCN1Cc1cc2c(=O)n(C)cc(-c3ccncc3OCC3CC3(F)F)c2o1. The lowest BCUT2D eigenvalue weighted by atomic mass is 10.1. The molecule has 1 aliphatic carbocycles. The molecule has 2 aliphatic rings. The number of aromatic nitrogens is 2. The number of furan rings is 1. The molecule has 194 valence electrons. The normalized spacial score (nSPS) is 24.0. The summed E-state index contributed by atoms with van der Waals surface area (Å²) >= 11 is 0. The molecule has 12 heteroatoms. The Bertz CT molecular complexity index is 1470. The fourth-order valence-corrected chi connectivity index (χ4v) is 5.57. The average Bonchev–Trinajstić information content (AvgIpc) is 3.21. The van der Waals surface area contributed by atoms with E-state index >= 15 is 0 Å². The third-order valence-corrected chi connectivity index (χ3v) is 8.27. The van der Waals surface area contributed by atoms with Gasteiger partial charge in [-0.1, -0.05) is 0 Å². The van der Waals surface area contributed by atoms with Crippen molar-refractivity contribution in [2.24, 2.45) is 13.0 Å². The summed E-state index contributed by atoms with van der Waals surface area (Å²) in [5.41, 5.74) is 1.40. The first-order valence-electron chi connectivity index (χ1n) is 11.7. The van der Waals surface area contributed by atoms with Gasteiger partial charge in [-0.15, -0.1) is 0 Å². The highest BCUT2D eigenvalue weighted by Gasteiger charge is 2.57. The molecule has 3 aromatic heterocycles. The number of piperazine rings is 1. The number of pyridine rings is 2. The number of fused-ring (bicyclic) bond motifs is 1. The molecule has 2 unspecified atom stereocenters. The Hall–Kier alpha value is -2.83. The molecule has 5 rings (SSSR count). The highest BCUT2D eigenvalue weighted by atomic mass is 32.2. The van der Waals surface area contributed by atoms with E-state index in [1.54, 1.807) is 35.9 Å². The maximum Gasteiger partial charge on any atom is 0.261 e. The highest BCUT2D eigenvalue weighted by Crippen LogP contribution is 2.49. The first-order chi connectivity index (χ1) is 16.9. The standard InChI is InChI=1S/C24H29F2N5O4S/c1-15-11-31(36(3,27)33)7-6-30(15)12-17-8-19-22(35-17)20(13-29(2)23(19)32)18-4-5-28-10-21(18)34-14-16-9-24(16,25)26/h4-5,8,10,13,15-16,27H,6-7,9,11-12,14H2,1-3H3/t15-,16?,36?/m1/s1. The molecule has 0 aromatic carbocycles. The second kappa shape index (κ2) is 8.93. The van der Waals surface area contributed by atoms with Gasteiger partial charge in [0.25, 0.3) is 11.5 Å². The Balaban J connectivity index is 1.45. The Kier molecular flexibility index (Phi) is 6.16. The van der Waals surface area contributed by atoms with Gasteiger partial charge in [-0.2, -0.15) is 0 Å². The van der Waals surface area contributed by atoms with Crippen LogP contribution in [0.25, 0.3) is 22.1 Å². The number of rotatable bonds is 7. The zero-order valence-corrected chi connectivity index (χ0v) is 21.2. The molecule has 0 amide bonds. The topological polar surface area (TPSA) is 105 Å². The van der Waals surface area contributed by atoms with Crippen LogP contribution in [0.1, 0.15) is 19.1 Å². The van der Waals surface area contributed by atoms with Crippen LogP contribution in [-0.2, 0) is 23.5 Å². The van der Waals surface area contributed by atoms with Gasteiger partial charge < -0.3 is 13.7 Å². The van der Waals surface area contributed by atoms with Crippen LogP contribution >= 0.6 is 0 Å². The third-order valence-electron chi connectivity index (χ3n) is 6.95. The molecule has 9 nitrogen and oxygen atoms in total. The molecular weight excluding hydrogens is 492 g/mol. The molecule has 1 saturated carbocycles. The number of aryl methyl sites for hydroxylation is 1. The first kappa shape index (κ1) is 24.8. The second-order valence-electron chi connectivity index (χ2n) is 9.77. The van der Waals surface area contributed by atoms with E-state index < -0.39 is 21.8 Å². The van der Waals surface area contributed by atoms with Gasteiger partial charge in [-0.05, 0) is 19.1 Å². The summed E-state index contributed by atoms with van der Waals surface area (Å²) in [5.74, 6) is -2.54. The number of alkyl halides is 2. The monoisotopic (exact) mass is 521 g/mol. The van der Waals surface area contributed by atoms with Crippen molar-refractivity contribution < 1.29 is 22.1 Å². The van der Waals surface area contributed by atoms with E-state index in [-0.39, 0.29) is 24.6 Å². The van der Waals surface area contributed by atoms with E-state index in [1.807, 2.05) is 6.92 Å². The Labute approximate surface area is 207 Å². The van der Waals surface area contributed by atoms with E-state index in [2.05, 4.69) is 9.88 Å². The van der Waals surface area contributed by atoms with Crippen LogP contribution in [0.4, 0.5) is 8.78 Å². The summed E-state index contributed by atoms with van der Waals surface area (Å²) in [5, 5.41) is 0.413. The lowest BCUT2D eigenvalue weighted by Gasteiger charge is -2.39. The fourth-order valence-electron chi connectivity index (χ4n) is 4.64. The van der Waals surface area contributed by atoms with Crippen LogP contribution in [0.5, 0.6) is 5.75 Å². The van der Waals surface area contributed by atoms with Crippen molar-refractivity contribution in [3.8, 4) is 16.9 Å². The van der Waals surface area contributed by atoms with E-state index in [9.17, 15) is 17.8 Å². The van der Waals surface area contributed by atoms with Gasteiger partial charge in [-0.25, -0.2) is 22.1 Å². The molecule has 0 radical (unpaired) electrons. The summed E-state index contributed by atoms with van der Waals surface area (Å²) in [6, 6.07) is 3.49. The van der Waals surface area contributed by atoms with Crippen LogP contribution in [0.2, 0.25) is 0 Å². The molecule has 0 spiro atoms. The minimum absolute atomic E-state index is 0.0427. The highest BCUT2D eigenvalue weighted by molar-refractivity contribution is 7.89. The minimum atomic E-state index is -2.76. The van der Waals surface area contributed by atoms with Crippen LogP contribution in [0.3, 0.4) is 0 Å². The lowest BCUT2D eigenvalue weighted by Crippen LogP contribution is -2.52. The second-order valence-corrected chi connectivity index (χ2v) is 11.9. The van der Waals surface area contributed by atoms with E-state index in [1.165, 1.54) is 17.0 Å². The van der Waals surface area contributed by atoms with Crippen molar-refractivity contribution in [1.29, 1.82) is 4.78 Å². The Morgan fingerprint density at radius 1 is 1.33 bits per heavy atom. The largest absolute Gasteiger partial charge is 0.491 e. The van der Waals surface area contributed by atoms with Gasteiger partial charge in [0, 0.05) is 68.9 Å². The third kappa shape index (κ3) is 4.76. The van der Waals surface area contributed by atoms with Gasteiger partial charge >= 0.3 is 0 Å². The zero-order chi connectivity index (χ0) is 25.8. The summed E-state index contributed by atoms with van der Waals surface area (Å²) < 4.78 is 61.7. The molecule has 2 fully saturated rings. The molecule has 3 atom stereocenters. The van der Waals surface area contributed by atoms with Gasteiger partial charge in [0.1, 0.15) is 27.0 Å². The van der Waals surface area contributed by atoms with Crippen LogP contribution in [-0.4, -0.2) is 67.4 Å². The molecule has 1 aliphatic heterocycles. The van der Waals surface area contributed by atoms with Crippen molar-refractivity contribution in [3.05, 3.63) is 46.8 Å². The summed E-state index contributed by atoms with van der Waals surface area (Å²) in [6.45, 7) is 3.97. The summed E-state index contributed by atoms with van der Waals surface area (Å²) in [6.07, 6.45) is 5.96. The predicted molar refractivity (Wildman–Crippen MR) is 131 cm³/mol. The number of nitrogens with one attached hydrogen (secondary N) is 1. The molecular formula is C24H29F2N5O4S. The van der Waals surface area contributed by atoms with Gasteiger partial charge in [0.15, 0.2) is 0 Å². The van der Waals surface area contributed by atoms with Gasteiger partial charge in [0.05, 0.1) is 30.7 Å². The van der Waals surface area contributed by atoms with E-state index in [0.29, 0.717) is 59.8 Å². The summed E-state index contributed by atoms with van der Waals surface area (Å²) in [7, 11) is -1.11. The predicted octanol–water partition coefficient (Wildman–Crippen LogP) is 3.33. The molecule has 4 heterocycles. The number of ether oxygens (including phenoxy) is 1. The number of hydrogen-bond donors (Lipinski definition) is 1. The number of nitrogens with zero attached hydrogens (tertiary/aromatic N) is 4. The van der Waals surface area contributed by atoms with Crippen molar-refractivity contribution in [2.45, 2.75) is 31.9 Å². The van der Waals surface area contributed by atoms with E-state index in [0.717, 1.165) is 0 Å². The average molecular weight is 522 g/mol. The summed E-state index contributed by atoms with van der Waals surface area (Å²) in [4.78, 5) is 19.2. The van der Waals surface area contributed by atoms with E-state index in [4.69, 9.17) is 13.9 Å². The van der Waals surface area contributed by atoms with Crippen molar-refractivity contribution in [2.75, 3.05) is 32.5 Å². The lowest BCUT2D eigenvalue weighted by molar-refractivity contribution is 0.0856. The van der Waals surface area contributed by atoms with Crippen molar-refractivity contribution in [1.82, 2.24) is 18.8 Å². The van der Waals surface area contributed by atoms with Gasteiger partial charge in [-0.3, -0.25) is 14.7 Å². The Morgan fingerprint density at radius 3 is 2.75 bits per heavy atom. The molecule has 0 bridgehead atoms. The Morgan fingerprint density at radius 2 is 2.08 bits per heavy atom. The molecule has 36 heavy (non-hydrogen) atoms. The van der Waals surface area contributed by atoms with Gasteiger partial charge in [0.2, 0.25) is 0 Å². The molecule has 3 aromatic rings. The van der Waals surface area contributed by atoms with Crippen LogP contribution in [0, 0.1) is 10.7 Å². The fraction of sp³-hybridized carbons (Fsp3) is 0.500. The first-order valence-corrected chi connectivity index (χ1v) is 13.7. The smallest absolute Gasteiger partial charge is 0.261 e.